The van der Waals surface area contributed by atoms with E-state index in [1.165, 1.54) is 0 Å². The molecule has 0 fully saturated rings. The van der Waals surface area contributed by atoms with Gasteiger partial charge >= 0.3 is 0 Å². The third-order valence-electron chi connectivity index (χ3n) is 0.844. The van der Waals surface area contributed by atoms with Crippen LogP contribution in [-0.2, 0) is 0 Å². The molecule has 49 valence electrons. The molecule has 0 aromatic carbocycles. The highest BCUT2D eigenvalue weighted by Gasteiger charge is 1.94. The van der Waals surface area contributed by atoms with Crippen molar-refractivity contribution in [1.29, 1.82) is 0 Å². The van der Waals surface area contributed by atoms with E-state index < -0.39 is 9.04 Å². The normalized spacial score (nSPS) is 10.1. The molecule has 0 unspecified atom stereocenters. The number of hydrogen-bond acceptors (Lipinski definition) is 1. The third-order valence-corrected chi connectivity index (χ3v) is 1.49. The molecular formula is C6H10NOSi. The molecule has 0 aliphatic heterocycles. The Labute approximate surface area is 56.7 Å². The van der Waals surface area contributed by atoms with Crippen LogP contribution < -0.4 is 4.53 Å². The molecule has 0 aliphatic carbocycles. The summed E-state index contributed by atoms with van der Waals surface area (Å²) in [4.78, 5) is 0. The molecule has 0 saturated carbocycles. The first-order valence-electron chi connectivity index (χ1n) is 3.01. The minimum atomic E-state index is -0.931. The van der Waals surface area contributed by atoms with Gasteiger partial charge in [-0.1, -0.05) is 0 Å². The van der Waals surface area contributed by atoms with E-state index in [2.05, 4.69) is 19.3 Å². The molecule has 0 atom stereocenters. The lowest BCUT2D eigenvalue weighted by Crippen LogP contribution is -2.21. The molecule has 0 amide bonds. The highest BCUT2D eigenvalue weighted by molar-refractivity contribution is 6.48. The Morgan fingerprint density at radius 3 is 2.78 bits per heavy atom. The number of hydrogen-bond donors (Lipinski definition) is 0. The van der Waals surface area contributed by atoms with Crippen molar-refractivity contribution in [2.45, 2.75) is 13.1 Å². The highest BCUT2D eigenvalue weighted by Crippen LogP contribution is 1.85. The molecule has 0 bridgehead atoms. The van der Waals surface area contributed by atoms with Gasteiger partial charge in [-0.25, -0.2) is 4.73 Å². The maximum Gasteiger partial charge on any atom is 0.264 e. The molecule has 0 N–H and O–H groups in total. The lowest BCUT2D eigenvalue weighted by atomic mass is 10.7. The molecule has 2 nitrogen and oxygen atoms in total. The Balaban J connectivity index is 2.48. The quantitative estimate of drug-likeness (QED) is 0.552. The van der Waals surface area contributed by atoms with Crippen LogP contribution in [-0.4, -0.2) is 13.8 Å². The third kappa shape index (κ3) is 1.93. The summed E-state index contributed by atoms with van der Waals surface area (Å²) in [6.07, 6.45) is 4.75. The molecular weight excluding hydrogens is 130 g/mol. The van der Waals surface area contributed by atoms with Gasteiger partial charge in [-0.15, -0.1) is 0 Å². The zero-order chi connectivity index (χ0) is 6.69. The molecule has 1 rings (SSSR count). The average Bonchev–Trinajstić information content (AvgIpc) is 2.15. The minimum Gasteiger partial charge on any atom is -0.474 e. The monoisotopic (exact) mass is 140 g/mol. The first-order valence-corrected chi connectivity index (χ1v) is 5.79. The molecule has 0 spiro atoms. The SMILES string of the molecule is C[SiH](C)On1[c]ccc1. The van der Waals surface area contributed by atoms with Crippen LogP contribution in [0.2, 0.25) is 13.1 Å². The Morgan fingerprint density at radius 1 is 1.56 bits per heavy atom. The van der Waals surface area contributed by atoms with Gasteiger partial charge in [-0.05, 0) is 25.2 Å². The van der Waals surface area contributed by atoms with Crippen molar-refractivity contribution in [2.24, 2.45) is 0 Å². The van der Waals surface area contributed by atoms with Gasteiger partial charge in [-0.2, -0.15) is 0 Å². The van der Waals surface area contributed by atoms with Crippen LogP contribution in [0.25, 0.3) is 0 Å². The lowest BCUT2D eigenvalue weighted by Gasteiger charge is -2.07. The Bertz CT molecular complexity index is 160. The predicted octanol–water partition coefficient (Wildman–Crippen LogP) is 0.700. The topological polar surface area (TPSA) is 14.2 Å². The lowest BCUT2D eigenvalue weighted by molar-refractivity contribution is 0.280. The first kappa shape index (κ1) is 6.42. The molecule has 0 aliphatic rings. The molecule has 9 heavy (non-hydrogen) atoms. The zero-order valence-corrected chi connectivity index (χ0v) is 6.82. The van der Waals surface area contributed by atoms with E-state index >= 15 is 0 Å². The van der Waals surface area contributed by atoms with Crippen molar-refractivity contribution in [3.05, 3.63) is 24.5 Å². The van der Waals surface area contributed by atoms with Crippen molar-refractivity contribution in [1.82, 2.24) is 4.73 Å². The Hall–Kier alpha value is -0.703. The van der Waals surface area contributed by atoms with E-state index in [0.29, 0.717) is 0 Å². The van der Waals surface area contributed by atoms with Crippen LogP contribution in [0.15, 0.2) is 18.3 Å². The summed E-state index contributed by atoms with van der Waals surface area (Å²) in [5.74, 6) is 0. The van der Waals surface area contributed by atoms with E-state index in [0.717, 1.165) is 0 Å². The smallest absolute Gasteiger partial charge is 0.264 e. The van der Waals surface area contributed by atoms with Gasteiger partial charge < -0.3 is 4.53 Å². The molecule has 1 heterocycles. The Morgan fingerprint density at radius 2 is 2.33 bits per heavy atom. The van der Waals surface area contributed by atoms with Gasteiger partial charge in [0.1, 0.15) is 6.20 Å². The van der Waals surface area contributed by atoms with Crippen LogP contribution in [0.4, 0.5) is 0 Å². The fraction of sp³-hybridized carbons (Fsp3) is 0.333. The molecule has 1 radical (unpaired) electrons. The van der Waals surface area contributed by atoms with Crippen molar-refractivity contribution >= 4 is 9.04 Å². The molecule has 0 saturated heterocycles. The van der Waals surface area contributed by atoms with Crippen molar-refractivity contribution in [3.63, 3.8) is 0 Å². The number of nitrogens with zero attached hydrogens (tertiary/aromatic N) is 1. The van der Waals surface area contributed by atoms with Crippen molar-refractivity contribution in [3.8, 4) is 0 Å². The van der Waals surface area contributed by atoms with Crippen LogP contribution >= 0.6 is 0 Å². The second kappa shape index (κ2) is 2.73. The number of aromatic nitrogens is 1. The van der Waals surface area contributed by atoms with E-state index in [4.69, 9.17) is 4.53 Å². The fourth-order valence-corrected chi connectivity index (χ4v) is 1.16. The Kier molecular flexibility index (Phi) is 1.95. The maximum atomic E-state index is 5.35. The van der Waals surface area contributed by atoms with Crippen LogP contribution in [0.3, 0.4) is 0 Å². The number of rotatable bonds is 2. The van der Waals surface area contributed by atoms with Crippen LogP contribution in [0.5, 0.6) is 0 Å². The summed E-state index contributed by atoms with van der Waals surface area (Å²) in [5, 5.41) is 0. The molecule has 3 heteroatoms. The van der Waals surface area contributed by atoms with Gasteiger partial charge in [0.05, 0.1) is 0 Å². The summed E-state index contributed by atoms with van der Waals surface area (Å²) in [6, 6.07) is 3.73. The second-order valence-electron chi connectivity index (χ2n) is 2.12. The van der Waals surface area contributed by atoms with Crippen LogP contribution in [0.1, 0.15) is 0 Å². The van der Waals surface area contributed by atoms with E-state index in [9.17, 15) is 0 Å². The summed E-state index contributed by atoms with van der Waals surface area (Å²) in [6.45, 7) is 4.24. The van der Waals surface area contributed by atoms with Gasteiger partial charge in [0.25, 0.3) is 9.04 Å². The van der Waals surface area contributed by atoms with Crippen molar-refractivity contribution < 1.29 is 4.53 Å². The first-order chi connectivity index (χ1) is 4.29. The summed E-state index contributed by atoms with van der Waals surface area (Å²) in [7, 11) is -0.931. The summed E-state index contributed by atoms with van der Waals surface area (Å²) in [5.41, 5.74) is 0. The van der Waals surface area contributed by atoms with Gasteiger partial charge in [0, 0.05) is 6.20 Å². The molecule has 1 aromatic heterocycles. The fourth-order valence-electron chi connectivity index (χ4n) is 0.573. The van der Waals surface area contributed by atoms with Gasteiger partial charge in [0.2, 0.25) is 0 Å². The summed E-state index contributed by atoms with van der Waals surface area (Å²) < 4.78 is 6.99. The standard InChI is InChI=1S/C6H10NOSi/c1-9(2)8-7-5-3-4-6-7/h3-5,9H,1-2H3. The second-order valence-corrected chi connectivity index (χ2v) is 4.43. The zero-order valence-electron chi connectivity index (χ0n) is 5.66. The van der Waals surface area contributed by atoms with E-state index in [1.54, 1.807) is 4.73 Å². The molecule has 1 aromatic rings. The maximum absolute atomic E-state index is 5.35. The summed E-state index contributed by atoms with van der Waals surface area (Å²) >= 11 is 0. The van der Waals surface area contributed by atoms with Crippen LogP contribution in [0, 0.1) is 6.20 Å². The minimum absolute atomic E-state index is 0.931. The predicted molar refractivity (Wildman–Crippen MR) is 38.7 cm³/mol. The van der Waals surface area contributed by atoms with Gasteiger partial charge in [0.15, 0.2) is 0 Å². The van der Waals surface area contributed by atoms with Gasteiger partial charge in [-0.3, -0.25) is 0 Å². The largest absolute Gasteiger partial charge is 0.474 e. The van der Waals surface area contributed by atoms with E-state index in [1.807, 2.05) is 18.3 Å². The van der Waals surface area contributed by atoms with E-state index in [-0.39, 0.29) is 0 Å². The van der Waals surface area contributed by atoms with Crippen molar-refractivity contribution in [2.75, 3.05) is 0 Å². The average molecular weight is 140 g/mol. The highest BCUT2D eigenvalue weighted by atomic mass is 28.3.